The van der Waals surface area contributed by atoms with E-state index in [1.54, 1.807) is 19.1 Å². The lowest BCUT2D eigenvalue weighted by Gasteiger charge is -2.14. The van der Waals surface area contributed by atoms with E-state index in [9.17, 15) is 9.59 Å². The third kappa shape index (κ3) is 2.96. The molecule has 0 fully saturated rings. The van der Waals surface area contributed by atoms with Crippen LogP contribution in [0.1, 0.15) is 24.2 Å². The lowest BCUT2D eigenvalue weighted by atomic mass is 10.1. The Bertz CT molecular complexity index is 429. The van der Waals surface area contributed by atoms with Gasteiger partial charge in [-0.3, -0.25) is 9.59 Å². The molecular weight excluding hydrogens is 222 g/mol. The number of anilines is 1. The first-order valence-electron chi connectivity index (χ1n) is 5.20. The number of methoxy groups -OCH3 is 1. The summed E-state index contributed by atoms with van der Waals surface area (Å²) >= 11 is 0. The highest BCUT2D eigenvalue weighted by atomic mass is 16.5. The highest BCUT2D eigenvalue weighted by Crippen LogP contribution is 2.35. The highest BCUT2D eigenvalue weighted by molar-refractivity contribution is 5.97. The van der Waals surface area contributed by atoms with E-state index in [0.29, 0.717) is 30.1 Å². The fraction of sp³-hybridized carbons (Fsp3) is 0.333. The van der Waals surface area contributed by atoms with Gasteiger partial charge in [-0.05, 0) is 19.1 Å². The largest absolute Gasteiger partial charge is 0.493 e. The van der Waals surface area contributed by atoms with Crippen LogP contribution >= 0.6 is 0 Å². The van der Waals surface area contributed by atoms with E-state index in [2.05, 4.69) is 5.32 Å². The van der Waals surface area contributed by atoms with Crippen molar-refractivity contribution in [1.82, 2.24) is 0 Å². The summed E-state index contributed by atoms with van der Waals surface area (Å²) in [6.45, 7) is 3.58. The van der Waals surface area contributed by atoms with Gasteiger partial charge in [0.25, 0.3) is 0 Å². The Morgan fingerprint density at radius 1 is 1.47 bits per heavy atom. The molecule has 1 aromatic carbocycles. The zero-order valence-corrected chi connectivity index (χ0v) is 10.1. The van der Waals surface area contributed by atoms with E-state index in [-0.39, 0.29) is 11.5 Å². The average molecular weight is 237 g/mol. The predicted octanol–water partition coefficient (Wildman–Crippen LogP) is 1.86. The molecule has 0 atom stereocenters. The van der Waals surface area contributed by atoms with Gasteiger partial charge in [-0.1, -0.05) is 0 Å². The molecule has 0 aliphatic heterocycles. The third-order valence-corrected chi connectivity index (χ3v) is 2.10. The summed E-state index contributed by atoms with van der Waals surface area (Å²) in [6.07, 6.45) is 0.638. The van der Waals surface area contributed by atoms with Crippen molar-refractivity contribution in [2.24, 2.45) is 0 Å². The predicted molar refractivity (Wildman–Crippen MR) is 63.9 cm³/mol. The molecule has 0 unspecified atom stereocenters. The van der Waals surface area contributed by atoms with Crippen molar-refractivity contribution < 1.29 is 19.1 Å². The fourth-order valence-corrected chi connectivity index (χ4v) is 1.45. The van der Waals surface area contributed by atoms with Crippen LogP contribution in [0.15, 0.2) is 12.1 Å². The highest BCUT2D eigenvalue weighted by Gasteiger charge is 2.15. The van der Waals surface area contributed by atoms with Crippen molar-refractivity contribution in [1.29, 1.82) is 0 Å². The van der Waals surface area contributed by atoms with Gasteiger partial charge >= 0.3 is 0 Å². The molecule has 0 saturated heterocycles. The van der Waals surface area contributed by atoms with Crippen LogP contribution in [0.25, 0.3) is 0 Å². The molecule has 0 aliphatic rings. The van der Waals surface area contributed by atoms with E-state index in [0.717, 1.165) is 0 Å². The topological polar surface area (TPSA) is 64.6 Å². The number of nitrogens with one attached hydrogen (secondary N) is 1. The van der Waals surface area contributed by atoms with E-state index in [1.165, 1.54) is 14.0 Å². The molecule has 1 N–H and O–H groups in total. The minimum Gasteiger partial charge on any atom is -0.493 e. The molecule has 0 heterocycles. The SMILES string of the molecule is CCOc1c(OC)ccc(NC(C)=O)c1C=O. The second-order valence-corrected chi connectivity index (χ2v) is 3.29. The van der Waals surface area contributed by atoms with Crippen LogP contribution in [0.5, 0.6) is 11.5 Å². The number of carbonyl (C=O) groups excluding carboxylic acids is 2. The Labute approximate surface area is 99.7 Å². The molecule has 0 saturated carbocycles. The van der Waals surface area contributed by atoms with Gasteiger partial charge in [-0.15, -0.1) is 0 Å². The van der Waals surface area contributed by atoms with Crippen LogP contribution in [0.3, 0.4) is 0 Å². The molecule has 5 nitrogen and oxygen atoms in total. The fourth-order valence-electron chi connectivity index (χ4n) is 1.45. The molecule has 0 spiro atoms. The zero-order valence-electron chi connectivity index (χ0n) is 10.1. The molecule has 92 valence electrons. The number of carbonyl (C=O) groups is 2. The minimum absolute atomic E-state index is 0.249. The van der Waals surface area contributed by atoms with Crippen molar-refractivity contribution in [3.63, 3.8) is 0 Å². The minimum atomic E-state index is -0.249. The maximum atomic E-state index is 11.1. The van der Waals surface area contributed by atoms with E-state index >= 15 is 0 Å². The summed E-state index contributed by atoms with van der Waals surface area (Å²) in [4.78, 5) is 22.1. The molecule has 1 rings (SSSR count). The molecule has 0 aromatic heterocycles. The Balaban J connectivity index is 3.29. The molecular formula is C12H15NO4. The van der Waals surface area contributed by atoms with E-state index < -0.39 is 0 Å². The van der Waals surface area contributed by atoms with E-state index in [4.69, 9.17) is 9.47 Å². The number of rotatable bonds is 5. The number of amides is 1. The van der Waals surface area contributed by atoms with Gasteiger partial charge in [-0.2, -0.15) is 0 Å². The van der Waals surface area contributed by atoms with E-state index in [1.807, 2.05) is 0 Å². The molecule has 1 amide bonds. The molecule has 0 radical (unpaired) electrons. The van der Waals surface area contributed by atoms with Gasteiger partial charge < -0.3 is 14.8 Å². The summed E-state index contributed by atoms with van der Waals surface area (Å²) in [5.41, 5.74) is 0.693. The van der Waals surface area contributed by atoms with Crippen LogP contribution < -0.4 is 14.8 Å². The summed E-state index contributed by atoms with van der Waals surface area (Å²) in [5, 5.41) is 2.57. The summed E-state index contributed by atoms with van der Waals surface area (Å²) in [7, 11) is 1.49. The van der Waals surface area contributed by atoms with Crippen molar-refractivity contribution in [3.05, 3.63) is 17.7 Å². The van der Waals surface area contributed by atoms with Gasteiger partial charge in [0, 0.05) is 6.92 Å². The molecule has 17 heavy (non-hydrogen) atoms. The van der Waals surface area contributed by atoms with Gasteiger partial charge in [0.05, 0.1) is 25.0 Å². The van der Waals surface area contributed by atoms with Crippen LogP contribution in [-0.2, 0) is 4.79 Å². The number of hydrogen-bond acceptors (Lipinski definition) is 4. The standard InChI is InChI=1S/C12H15NO4/c1-4-17-12-9(7-14)10(13-8(2)15)5-6-11(12)16-3/h5-7H,4H2,1-3H3,(H,13,15). The van der Waals surface area contributed by atoms with Gasteiger partial charge in [-0.25, -0.2) is 0 Å². The number of benzene rings is 1. The lowest BCUT2D eigenvalue weighted by Crippen LogP contribution is -2.09. The Morgan fingerprint density at radius 2 is 2.18 bits per heavy atom. The monoisotopic (exact) mass is 237 g/mol. The lowest BCUT2D eigenvalue weighted by molar-refractivity contribution is -0.114. The first kappa shape index (κ1) is 13.0. The van der Waals surface area contributed by atoms with Gasteiger partial charge in [0.2, 0.25) is 5.91 Å². The van der Waals surface area contributed by atoms with Gasteiger partial charge in [0.1, 0.15) is 0 Å². The smallest absolute Gasteiger partial charge is 0.221 e. The van der Waals surface area contributed by atoms with Crippen LogP contribution in [0.4, 0.5) is 5.69 Å². The van der Waals surface area contributed by atoms with Crippen molar-refractivity contribution in [2.75, 3.05) is 19.0 Å². The maximum absolute atomic E-state index is 11.1. The summed E-state index contributed by atoms with van der Waals surface area (Å²) in [6, 6.07) is 3.25. The first-order chi connectivity index (χ1) is 8.13. The Hall–Kier alpha value is -2.04. The van der Waals surface area contributed by atoms with Crippen molar-refractivity contribution >= 4 is 17.9 Å². The second-order valence-electron chi connectivity index (χ2n) is 3.29. The summed E-state index contributed by atoms with van der Waals surface area (Å²) in [5.74, 6) is 0.556. The number of hydrogen-bond donors (Lipinski definition) is 1. The zero-order chi connectivity index (χ0) is 12.8. The Morgan fingerprint density at radius 3 is 2.65 bits per heavy atom. The second kappa shape index (κ2) is 5.89. The number of aldehydes is 1. The Kier molecular flexibility index (Phi) is 4.51. The van der Waals surface area contributed by atoms with Crippen LogP contribution in [0.2, 0.25) is 0 Å². The van der Waals surface area contributed by atoms with Crippen molar-refractivity contribution in [2.45, 2.75) is 13.8 Å². The maximum Gasteiger partial charge on any atom is 0.221 e. The van der Waals surface area contributed by atoms with Crippen LogP contribution in [0, 0.1) is 0 Å². The molecule has 5 heteroatoms. The van der Waals surface area contributed by atoms with Gasteiger partial charge in [0.15, 0.2) is 17.8 Å². The quantitative estimate of drug-likeness (QED) is 0.794. The first-order valence-corrected chi connectivity index (χ1v) is 5.20. The molecule has 0 aliphatic carbocycles. The molecule has 0 bridgehead atoms. The number of ether oxygens (including phenoxy) is 2. The van der Waals surface area contributed by atoms with Crippen LogP contribution in [-0.4, -0.2) is 25.9 Å². The normalized spacial score (nSPS) is 9.59. The average Bonchev–Trinajstić information content (AvgIpc) is 2.29. The molecule has 1 aromatic rings. The van der Waals surface area contributed by atoms with Crippen molar-refractivity contribution in [3.8, 4) is 11.5 Å². The third-order valence-electron chi connectivity index (χ3n) is 2.10. The summed E-state index contributed by atoms with van der Waals surface area (Å²) < 4.78 is 10.5.